The molecule has 2 aromatic carbocycles. The standard InChI is InChI=1S/C18H14F3N5O2S/c19-18(20,21)11-6-2-3-7-12(11)23-14(27)9-26-13-8-4-1-5-10(13)15(16(26)28)24-25-17(22)29/h1-8,28H,9H2,(H2,22,29)(H,23,27). The smallest absolute Gasteiger partial charge is 0.418 e. The number of nitrogens with two attached hydrogens (primary N) is 1. The molecule has 11 heteroatoms. The molecule has 0 bridgehead atoms. The number of hydrogen-bond donors (Lipinski definition) is 3. The minimum atomic E-state index is -4.62. The van der Waals surface area contributed by atoms with Gasteiger partial charge in [0.15, 0.2) is 5.69 Å². The fraction of sp³-hybridized carbons (Fsp3) is 0.111. The highest BCUT2D eigenvalue weighted by Crippen LogP contribution is 2.39. The molecule has 0 atom stereocenters. The predicted molar refractivity (Wildman–Crippen MR) is 105 cm³/mol. The third-order valence-electron chi connectivity index (χ3n) is 3.97. The Kier molecular flexibility index (Phi) is 5.50. The second-order valence-corrected chi connectivity index (χ2v) is 6.32. The first kappa shape index (κ1) is 20.3. The number of nitrogens with one attached hydrogen (secondary N) is 1. The number of hydrogen-bond acceptors (Lipinski definition) is 4. The summed E-state index contributed by atoms with van der Waals surface area (Å²) in [6.45, 7) is -0.457. The Morgan fingerprint density at radius 3 is 2.52 bits per heavy atom. The minimum absolute atomic E-state index is 0.0388. The van der Waals surface area contributed by atoms with Gasteiger partial charge in [-0.15, -0.1) is 10.2 Å². The summed E-state index contributed by atoms with van der Waals surface area (Å²) in [5.74, 6) is -1.17. The van der Waals surface area contributed by atoms with Crippen molar-refractivity contribution in [3.63, 3.8) is 0 Å². The Morgan fingerprint density at radius 2 is 1.83 bits per heavy atom. The molecule has 4 N–H and O–H groups in total. The van der Waals surface area contributed by atoms with Crippen LogP contribution in [0.2, 0.25) is 0 Å². The number of para-hydroxylation sites is 2. The van der Waals surface area contributed by atoms with Crippen LogP contribution in [0.5, 0.6) is 5.88 Å². The van der Waals surface area contributed by atoms with Gasteiger partial charge in [-0.05, 0) is 30.4 Å². The van der Waals surface area contributed by atoms with Crippen molar-refractivity contribution in [2.24, 2.45) is 16.0 Å². The topological polar surface area (TPSA) is 105 Å². The zero-order valence-electron chi connectivity index (χ0n) is 14.6. The molecular weight excluding hydrogens is 407 g/mol. The Morgan fingerprint density at radius 1 is 1.17 bits per heavy atom. The van der Waals surface area contributed by atoms with Gasteiger partial charge in [0.25, 0.3) is 0 Å². The SMILES string of the molecule is NC(=S)N=Nc1c(O)n(CC(=O)Nc2ccccc2C(F)(F)F)c2ccccc12. The fourth-order valence-electron chi connectivity index (χ4n) is 2.80. The number of thiocarbonyl (C=S) groups is 1. The molecule has 0 spiro atoms. The van der Waals surface area contributed by atoms with Crippen LogP contribution in [-0.4, -0.2) is 20.7 Å². The van der Waals surface area contributed by atoms with Crippen molar-refractivity contribution in [3.05, 3.63) is 54.1 Å². The van der Waals surface area contributed by atoms with Crippen LogP contribution in [-0.2, 0) is 17.5 Å². The summed E-state index contributed by atoms with van der Waals surface area (Å²) in [4.78, 5) is 12.4. The normalized spacial score (nSPS) is 11.8. The van der Waals surface area contributed by atoms with Crippen LogP contribution >= 0.6 is 12.2 Å². The second-order valence-electron chi connectivity index (χ2n) is 5.91. The van der Waals surface area contributed by atoms with E-state index in [4.69, 9.17) is 5.73 Å². The highest BCUT2D eigenvalue weighted by atomic mass is 32.1. The number of rotatable bonds is 4. The van der Waals surface area contributed by atoms with Crippen LogP contribution in [0, 0.1) is 0 Å². The van der Waals surface area contributed by atoms with Gasteiger partial charge in [-0.3, -0.25) is 4.79 Å². The molecule has 3 aromatic rings. The highest BCUT2D eigenvalue weighted by Gasteiger charge is 2.33. The molecule has 0 aliphatic rings. The van der Waals surface area contributed by atoms with Gasteiger partial charge in [-0.2, -0.15) is 13.2 Å². The molecule has 0 saturated heterocycles. The summed E-state index contributed by atoms with van der Waals surface area (Å²) in [6.07, 6.45) is -4.62. The largest absolute Gasteiger partial charge is 0.493 e. The molecule has 1 heterocycles. The maximum atomic E-state index is 13.1. The second kappa shape index (κ2) is 7.87. The summed E-state index contributed by atoms with van der Waals surface area (Å²) in [5.41, 5.74) is 4.40. The number of aromatic nitrogens is 1. The van der Waals surface area contributed by atoms with Crippen LogP contribution in [0.15, 0.2) is 58.8 Å². The third kappa shape index (κ3) is 4.35. The first-order valence-corrected chi connectivity index (χ1v) is 8.56. The van der Waals surface area contributed by atoms with E-state index in [1.165, 1.54) is 16.7 Å². The molecular formula is C18H14F3N5O2S. The van der Waals surface area contributed by atoms with E-state index in [-0.39, 0.29) is 16.5 Å². The van der Waals surface area contributed by atoms with Crippen molar-refractivity contribution in [1.29, 1.82) is 0 Å². The van der Waals surface area contributed by atoms with E-state index >= 15 is 0 Å². The first-order chi connectivity index (χ1) is 13.7. The molecule has 150 valence electrons. The highest BCUT2D eigenvalue weighted by molar-refractivity contribution is 7.80. The molecule has 0 aliphatic carbocycles. The minimum Gasteiger partial charge on any atom is -0.493 e. The number of benzene rings is 2. The number of aromatic hydroxyl groups is 1. The van der Waals surface area contributed by atoms with E-state index in [1.807, 2.05) is 0 Å². The Bertz CT molecular complexity index is 1120. The van der Waals surface area contributed by atoms with Crippen LogP contribution in [0.1, 0.15) is 5.56 Å². The van der Waals surface area contributed by atoms with Crippen molar-refractivity contribution in [1.82, 2.24) is 4.57 Å². The van der Waals surface area contributed by atoms with Gasteiger partial charge < -0.3 is 20.7 Å². The van der Waals surface area contributed by atoms with Gasteiger partial charge in [-0.1, -0.05) is 30.3 Å². The van der Waals surface area contributed by atoms with Gasteiger partial charge in [0.05, 0.1) is 16.8 Å². The van der Waals surface area contributed by atoms with Gasteiger partial charge in [-0.25, -0.2) is 0 Å². The lowest BCUT2D eigenvalue weighted by Gasteiger charge is -2.14. The summed E-state index contributed by atoms with van der Waals surface area (Å²) in [5, 5.41) is 20.3. The number of alkyl halides is 3. The summed E-state index contributed by atoms with van der Waals surface area (Å²) >= 11 is 4.63. The van der Waals surface area contributed by atoms with Gasteiger partial charge in [0.1, 0.15) is 6.54 Å². The van der Waals surface area contributed by atoms with Crippen LogP contribution in [0.3, 0.4) is 0 Å². The number of amides is 1. The van der Waals surface area contributed by atoms with Crippen molar-refractivity contribution in [3.8, 4) is 5.88 Å². The number of azo groups is 1. The maximum Gasteiger partial charge on any atom is 0.418 e. The van der Waals surface area contributed by atoms with Crippen LogP contribution in [0.4, 0.5) is 24.5 Å². The van der Waals surface area contributed by atoms with Crippen molar-refractivity contribution in [2.75, 3.05) is 5.32 Å². The number of carbonyl (C=O) groups excluding carboxylic acids is 1. The summed E-state index contributed by atoms with van der Waals surface area (Å²) < 4.78 is 40.5. The fourth-order valence-corrected chi connectivity index (χ4v) is 2.84. The zero-order chi connectivity index (χ0) is 21.2. The molecule has 7 nitrogen and oxygen atoms in total. The average molecular weight is 421 g/mol. The third-order valence-corrected chi connectivity index (χ3v) is 4.06. The molecule has 1 aromatic heterocycles. The molecule has 0 radical (unpaired) electrons. The molecule has 0 aliphatic heterocycles. The van der Waals surface area contributed by atoms with Crippen molar-refractivity contribution >= 4 is 45.5 Å². The molecule has 3 rings (SSSR count). The van der Waals surface area contributed by atoms with E-state index in [0.29, 0.717) is 10.9 Å². The number of halogens is 3. The molecule has 0 unspecified atom stereocenters. The number of carbonyl (C=O) groups is 1. The van der Waals surface area contributed by atoms with Crippen LogP contribution in [0.25, 0.3) is 10.9 Å². The Balaban J connectivity index is 1.94. The number of anilines is 1. The van der Waals surface area contributed by atoms with Gasteiger partial charge >= 0.3 is 6.18 Å². The monoisotopic (exact) mass is 421 g/mol. The lowest BCUT2D eigenvalue weighted by atomic mass is 10.1. The molecule has 0 saturated carbocycles. The lowest BCUT2D eigenvalue weighted by Crippen LogP contribution is -2.21. The van der Waals surface area contributed by atoms with Crippen molar-refractivity contribution < 1.29 is 23.1 Å². The molecule has 0 fully saturated rings. The van der Waals surface area contributed by atoms with Crippen LogP contribution < -0.4 is 11.1 Å². The Hall–Kier alpha value is -3.47. The predicted octanol–water partition coefficient (Wildman–Crippen LogP) is 4.33. The van der Waals surface area contributed by atoms with E-state index in [9.17, 15) is 23.1 Å². The van der Waals surface area contributed by atoms with Gasteiger partial charge in [0.2, 0.25) is 16.9 Å². The molecule has 1 amide bonds. The van der Waals surface area contributed by atoms with E-state index in [1.54, 1.807) is 24.3 Å². The number of nitrogens with zero attached hydrogens (tertiary/aromatic N) is 3. The first-order valence-electron chi connectivity index (χ1n) is 8.16. The average Bonchev–Trinajstić information content (AvgIpc) is 2.91. The maximum absolute atomic E-state index is 13.1. The van der Waals surface area contributed by atoms with E-state index in [2.05, 4.69) is 27.8 Å². The van der Waals surface area contributed by atoms with E-state index < -0.39 is 30.1 Å². The summed E-state index contributed by atoms with van der Waals surface area (Å²) in [6, 6.07) is 11.2. The Labute approximate surface area is 167 Å². The lowest BCUT2D eigenvalue weighted by molar-refractivity contribution is -0.137. The molecule has 29 heavy (non-hydrogen) atoms. The van der Waals surface area contributed by atoms with Crippen molar-refractivity contribution in [2.45, 2.75) is 12.7 Å². The quantitative estimate of drug-likeness (QED) is 0.431. The van der Waals surface area contributed by atoms with Gasteiger partial charge in [0, 0.05) is 5.39 Å². The summed E-state index contributed by atoms with van der Waals surface area (Å²) in [7, 11) is 0. The number of fused-ring (bicyclic) bond motifs is 1. The zero-order valence-corrected chi connectivity index (χ0v) is 15.5. The van der Waals surface area contributed by atoms with E-state index in [0.717, 1.165) is 12.1 Å².